The molecule has 0 radical (unpaired) electrons. The molecule has 4 nitrogen and oxygen atoms in total. The predicted octanol–water partition coefficient (Wildman–Crippen LogP) is 2.83. The van der Waals surface area contributed by atoms with E-state index in [-0.39, 0.29) is 5.41 Å². The van der Waals surface area contributed by atoms with Crippen LogP contribution in [0.3, 0.4) is 0 Å². The molecule has 0 bridgehead atoms. The van der Waals surface area contributed by atoms with Gasteiger partial charge in [0.25, 0.3) is 0 Å². The molecule has 0 spiro atoms. The van der Waals surface area contributed by atoms with Gasteiger partial charge in [-0.3, -0.25) is 0 Å². The molecule has 5 heteroatoms. The van der Waals surface area contributed by atoms with Crippen molar-refractivity contribution in [1.82, 2.24) is 20.2 Å². The first-order valence-electron chi connectivity index (χ1n) is 6.75. The van der Waals surface area contributed by atoms with Crippen molar-refractivity contribution in [2.45, 2.75) is 32.2 Å². The van der Waals surface area contributed by atoms with E-state index in [1.165, 1.54) is 25.7 Å². The number of hydrogen-bond acceptors (Lipinski definition) is 4. The van der Waals surface area contributed by atoms with E-state index in [2.05, 4.69) is 28.0 Å². The van der Waals surface area contributed by atoms with Crippen LogP contribution in [-0.4, -0.2) is 26.0 Å². The summed E-state index contributed by atoms with van der Waals surface area (Å²) in [5.74, 6) is 1.60. The van der Waals surface area contributed by atoms with E-state index < -0.39 is 0 Å². The van der Waals surface area contributed by atoms with Gasteiger partial charge in [0.15, 0.2) is 0 Å². The fourth-order valence-electron chi connectivity index (χ4n) is 2.80. The summed E-state index contributed by atoms with van der Waals surface area (Å²) < 4.78 is 0. The quantitative estimate of drug-likeness (QED) is 0.872. The van der Waals surface area contributed by atoms with Gasteiger partial charge in [-0.15, -0.1) is 10.2 Å². The number of benzene rings is 1. The summed E-state index contributed by atoms with van der Waals surface area (Å²) in [6.45, 7) is 0.830. The van der Waals surface area contributed by atoms with Crippen molar-refractivity contribution in [3.05, 3.63) is 30.3 Å². The van der Waals surface area contributed by atoms with E-state index in [0.29, 0.717) is 5.82 Å². The Morgan fingerprint density at radius 2 is 1.89 bits per heavy atom. The van der Waals surface area contributed by atoms with Crippen molar-refractivity contribution < 1.29 is 0 Å². The Morgan fingerprint density at radius 1 is 1.16 bits per heavy atom. The van der Waals surface area contributed by atoms with Gasteiger partial charge in [0, 0.05) is 11.0 Å². The number of hydrogen-bond donors (Lipinski definition) is 1. The summed E-state index contributed by atoms with van der Waals surface area (Å²) in [7, 11) is 0. The third kappa shape index (κ3) is 2.66. The van der Waals surface area contributed by atoms with Crippen LogP contribution in [0.25, 0.3) is 11.4 Å². The van der Waals surface area contributed by atoms with Crippen LogP contribution in [0.2, 0.25) is 0 Å². The van der Waals surface area contributed by atoms with Crippen LogP contribution in [-0.2, 0) is 6.54 Å². The lowest BCUT2D eigenvalue weighted by Gasteiger charge is -2.25. The van der Waals surface area contributed by atoms with Gasteiger partial charge in [0.05, 0.1) is 6.54 Å². The second-order valence-electron chi connectivity index (χ2n) is 5.37. The normalized spacial score (nSPS) is 17.7. The van der Waals surface area contributed by atoms with Gasteiger partial charge in [0.1, 0.15) is 0 Å². The third-order valence-electron chi connectivity index (χ3n) is 3.96. The number of nitrogens with zero attached hydrogens (tertiary/aromatic N) is 4. The van der Waals surface area contributed by atoms with Crippen molar-refractivity contribution in [3.8, 4) is 11.4 Å². The largest absolute Gasteiger partial charge is 0.204 e. The molecule has 2 aromatic rings. The number of aromatic nitrogens is 4. The standard InChI is InChI=1S/C14H18N4S/c19-11-14(8-4-5-9-14)10-18-16-13(15-17-18)12-6-2-1-3-7-12/h1-3,6-7,19H,4-5,8-11H2. The zero-order chi connectivity index (χ0) is 13.1. The third-order valence-corrected chi connectivity index (χ3v) is 4.63. The second kappa shape index (κ2) is 5.33. The van der Waals surface area contributed by atoms with Crippen molar-refractivity contribution in [3.63, 3.8) is 0 Å². The Morgan fingerprint density at radius 3 is 2.58 bits per heavy atom. The Bertz CT molecular complexity index is 531. The molecule has 1 heterocycles. The minimum atomic E-state index is 0.262. The molecule has 0 atom stereocenters. The molecule has 1 saturated carbocycles. The summed E-state index contributed by atoms with van der Waals surface area (Å²) in [5.41, 5.74) is 1.28. The summed E-state index contributed by atoms with van der Waals surface area (Å²) in [6.07, 6.45) is 5.03. The topological polar surface area (TPSA) is 43.6 Å². The highest BCUT2D eigenvalue weighted by molar-refractivity contribution is 7.80. The summed E-state index contributed by atoms with van der Waals surface area (Å²) in [6, 6.07) is 9.98. The molecule has 0 amide bonds. The highest BCUT2D eigenvalue weighted by Gasteiger charge is 2.33. The van der Waals surface area contributed by atoms with Gasteiger partial charge < -0.3 is 0 Å². The Balaban J connectivity index is 1.78. The highest BCUT2D eigenvalue weighted by Crippen LogP contribution is 2.40. The van der Waals surface area contributed by atoms with Crippen LogP contribution in [0.4, 0.5) is 0 Å². The molecule has 0 saturated heterocycles. The molecule has 1 aromatic carbocycles. The molecule has 100 valence electrons. The van der Waals surface area contributed by atoms with Crippen molar-refractivity contribution in [2.75, 3.05) is 5.75 Å². The Hall–Kier alpha value is -1.36. The van der Waals surface area contributed by atoms with Gasteiger partial charge >= 0.3 is 0 Å². The lowest BCUT2D eigenvalue weighted by Crippen LogP contribution is -2.26. The number of rotatable bonds is 4. The first-order chi connectivity index (χ1) is 9.31. The van der Waals surface area contributed by atoms with Crippen molar-refractivity contribution >= 4 is 12.6 Å². The lowest BCUT2D eigenvalue weighted by atomic mass is 9.89. The number of tetrazole rings is 1. The maximum absolute atomic E-state index is 4.52. The molecule has 19 heavy (non-hydrogen) atoms. The van der Waals surface area contributed by atoms with Gasteiger partial charge in [-0.2, -0.15) is 17.4 Å². The van der Waals surface area contributed by atoms with Crippen LogP contribution in [0, 0.1) is 5.41 Å². The van der Waals surface area contributed by atoms with Crippen LogP contribution in [0.1, 0.15) is 25.7 Å². The van der Waals surface area contributed by atoms with E-state index in [4.69, 9.17) is 0 Å². The molecule has 0 aliphatic heterocycles. The zero-order valence-electron chi connectivity index (χ0n) is 10.9. The van der Waals surface area contributed by atoms with Gasteiger partial charge in [-0.1, -0.05) is 43.2 Å². The first-order valence-corrected chi connectivity index (χ1v) is 7.39. The Labute approximate surface area is 118 Å². The molecule has 1 aliphatic rings. The molecular weight excluding hydrogens is 256 g/mol. The first kappa shape index (κ1) is 12.7. The van der Waals surface area contributed by atoms with Crippen LogP contribution < -0.4 is 0 Å². The van der Waals surface area contributed by atoms with Crippen LogP contribution in [0.5, 0.6) is 0 Å². The smallest absolute Gasteiger partial charge is 0.179 e. The van der Waals surface area contributed by atoms with E-state index in [0.717, 1.165) is 17.9 Å². The monoisotopic (exact) mass is 274 g/mol. The van der Waals surface area contributed by atoms with E-state index in [9.17, 15) is 0 Å². The molecule has 1 aliphatic carbocycles. The predicted molar refractivity (Wildman–Crippen MR) is 78.0 cm³/mol. The molecular formula is C14H18N4S. The van der Waals surface area contributed by atoms with E-state index >= 15 is 0 Å². The SMILES string of the molecule is SCC1(Cn2nnc(-c3ccccc3)n2)CCCC1. The van der Waals surface area contributed by atoms with E-state index in [1.807, 2.05) is 30.3 Å². The van der Waals surface area contributed by atoms with Crippen molar-refractivity contribution in [1.29, 1.82) is 0 Å². The molecule has 0 N–H and O–H groups in total. The maximum atomic E-state index is 4.52. The average Bonchev–Trinajstić information content (AvgIpc) is 3.10. The molecule has 1 fully saturated rings. The van der Waals surface area contributed by atoms with Gasteiger partial charge in [0.2, 0.25) is 5.82 Å². The summed E-state index contributed by atoms with van der Waals surface area (Å²) in [5, 5.41) is 12.8. The maximum Gasteiger partial charge on any atom is 0.204 e. The van der Waals surface area contributed by atoms with Crippen molar-refractivity contribution in [2.24, 2.45) is 5.41 Å². The minimum Gasteiger partial charge on any atom is -0.179 e. The average molecular weight is 274 g/mol. The molecule has 0 unspecified atom stereocenters. The fraction of sp³-hybridized carbons (Fsp3) is 0.500. The molecule has 3 rings (SSSR count). The number of thiol groups is 1. The summed E-state index contributed by atoms with van der Waals surface area (Å²) >= 11 is 4.52. The van der Waals surface area contributed by atoms with Crippen LogP contribution in [0.15, 0.2) is 30.3 Å². The van der Waals surface area contributed by atoms with Crippen LogP contribution >= 0.6 is 12.6 Å². The highest BCUT2D eigenvalue weighted by atomic mass is 32.1. The Kier molecular flexibility index (Phi) is 3.55. The zero-order valence-corrected chi connectivity index (χ0v) is 11.8. The fourth-order valence-corrected chi connectivity index (χ4v) is 3.22. The minimum absolute atomic E-state index is 0.262. The summed E-state index contributed by atoms with van der Waals surface area (Å²) in [4.78, 5) is 1.74. The van der Waals surface area contributed by atoms with Gasteiger partial charge in [-0.25, -0.2) is 0 Å². The second-order valence-corrected chi connectivity index (χ2v) is 5.69. The van der Waals surface area contributed by atoms with E-state index in [1.54, 1.807) is 4.80 Å². The van der Waals surface area contributed by atoms with Gasteiger partial charge in [-0.05, 0) is 23.8 Å². The molecule has 1 aromatic heterocycles. The lowest BCUT2D eigenvalue weighted by molar-refractivity contribution is 0.257.